The summed E-state index contributed by atoms with van der Waals surface area (Å²) in [6.45, 7) is 4.59. The first-order valence-electron chi connectivity index (χ1n) is 4.98. The maximum Gasteiger partial charge on any atom is 0.225 e. The summed E-state index contributed by atoms with van der Waals surface area (Å²) in [6, 6.07) is 9.86. The van der Waals surface area contributed by atoms with Crippen LogP contribution in [0.3, 0.4) is 0 Å². The van der Waals surface area contributed by atoms with Gasteiger partial charge < -0.3 is 4.89 Å². The van der Waals surface area contributed by atoms with Crippen molar-refractivity contribution in [3.8, 4) is 0 Å². The Balaban J connectivity index is 2.26. The van der Waals surface area contributed by atoms with Gasteiger partial charge in [0, 0.05) is 5.41 Å². The average Bonchev–Trinajstić information content (AvgIpc) is 2.23. The van der Waals surface area contributed by atoms with E-state index in [2.05, 4.69) is 13.8 Å². The van der Waals surface area contributed by atoms with Crippen LogP contribution in [-0.4, -0.2) is 6.61 Å². The number of hydrogen-bond acceptors (Lipinski definition) is 3. The van der Waals surface area contributed by atoms with Crippen molar-refractivity contribution in [1.29, 1.82) is 0 Å². The lowest BCUT2D eigenvalue weighted by atomic mass is 9.83. The van der Waals surface area contributed by atoms with Crippen LogP contribution in [0.4, 0.5) is 0 Å². The molecule has 4 heteroatoms. The number of benzene rings is 1. The zero-order valence-corrected chi connectivity index (χ0v) is 9.90. The summed E-state index contributed by atoms with van der Waals surface area (Å²) in [7, 11) is -2.31. The van der Waals surface area contributed by atoms with Crippen LogP contribution < -0.4 is 4.89 Å². The molecule has 3 nitrogen and oxygen atoms in total. The van der Waals surface area contributed by atoms with Crippen LogP contribution in [0.15, 0.2) is 30.3 Å². The summed E-state index contributed by atoms with van der Waals surface area (Å²) < 4.78 is 10.5. The smallest absolute Gasteiger partial charge is 0.225 e. The third-order valence-electron chi connectivity index (χ3n) is 2.59. The molecule has 2 rings (SSSR count). The van der Waals surface area contributed by atoms with Gasteiger partial charge in [0.15, 0.2) is 0 Å². The van der Waals surface area contributed by atoms with E-state index in [-0.39, 0.29) is 11.5 Å². The zero-order chi connectivity index (χ0) is 10.9. The van der Waals surface area contributed by atoms with E-state index in [1.54, 1.807) is 0 Å². The van der Waals surface area contributed by atoms with Crippen LogP contribution >= 0.6 is 8.60 Å². The maximum atomic E-state index is 11.3. The molecule has 0 aromatic heterocycles. The van der Waals surface area contributed by atoms with Crippen molar-refractivity contribution in [3.05, 3.63) is 35.9 Å². The minimum atomic E-state index is -2.31. The second-order valence-corrected chi connectivity index (χ2v) is 5.46. The molecule has 1 saturated heterocycles. The van der Waals surface area contributed by atoms with Gasteiger partial charge in [0.2, 0.25) is 8.60 Å². The predicted octanol–water partition coefficient (Wildman–Crippen LogP) is 2.12. The van der Waals surface area contributed by atoms with E-state index in [0.29, 0.717) is 6.61 Å². The molecule has 0 radical (unpaired) electrons. The second kappa shape index (κ2) is 4.18. The van der Waals surface area contributed by atoms with Crippen molar-refractivity contribution in [3.63, 3.8) is 0 Å². The maximum absolute atomic E-state index is 11.3. The SMILES string of the molecule is CC1(C)CO[PH+]([O-])O[C@@H]1c1ccccc1. The van der Waals surface area contributed by atoms with Crippen molar-refractivity contribution in [2.24, 2.45) is 5.41 Å². The van der Waals surface area contributed by atoms with Gasteiger partial charge in [0.1, 0.15) is 12.7 Å². The monoisotopic (exact) mass is 226 g/mol. The predicted molar refractivity (Wildman–Crippen MR) is 58.3 cm³/mol. The quantitative estimate of drug-likeness (QED) is 0.689. The first-order chi connectivity index (χ1) is 7.09. The van der Waals surface area contributed by atoms with Crippen LogP contribution in [0.2, 0.25) is 0 Å². The Bertz CT molecular complexity index is 326. The Kier molecular flexibility index (Phi) is 3.08. The fraction of sp³-hybridized carbons (Fsp3) is 0.455. The fourth-order valence-electron chi connectivity index (χ4n) is 1.76. The van der Waals surface area contributed by atoms with Crippen molar-refractivity contribution in [2.45, 2.75) is 20.0 Å². The Morgan fingerprint density at radius 2 is 2.00 bits per heavy atom. The average molecular weight is 226 g/mol. The summed E-state index contributed by atoms with van der Waals surface area (Å²) in [5, 5.41) is 0. The highest BCUT2D eigenvalue weighted by molar-refractivity contribution is 7.39. The molecule has 1 aliphatic rings. The van der Waals surface area contributed by atoms with Crippen LogP contribution in [0, 0.1) is 5.41 Å². The van der Waals surface area contributed by atoms with Crippen LogP contribution in [-0.2, 0) is 9.05 Å². The van der Waals surface area contributed by atoms with Gasteiger partial charge in [-0.1, -0.05) is 44.2 Å². The molecule has 1 unspecified atom stereocenters. The van der Waals surface area contributed by atoms with Crippen molar-refractivity contribution in [2.75, 3.05) is 6.61 Å². The lowest BCUT2D eigenvalue weighted by Crippen LogP contribution is -2.34. The van der Waals surface area contributed by atoms with Gasteiger partial charge in [0.25, 0.3) is 0 Å². The second-order valence-electron chi connectivity index (χ2n) is 4.44. The molecule has 15 heavy (non-hydrogen) atoms. The van der Waals surface area contributed by atoms with Crippen molar-refractivity contribution >= 4 is 8.60 Å². The molecule has 1 fully saturated rings. The molecule has 1 heterocycles. The summed E-state index contributed by atoms with van der Waals surface area (Å²) in [4.78, 5) is 11.3. The highest BCUT2D eigenvalue weighted by Crippen LogP contribution is 2.50. The molecule has 0 spiro atoms. The topological polar surface area (TPSA) is 41.5 Å². The minimum Gasteiger partial charge on any atom is -0.633 e. The summed E-state index contributed by atoms with van der Waals surface area (Å²) >= 11 is 0. The highest BCUT2D eigenvalue weighted by Gasteiger charge is 2.41. The van der Waals surface area contributed by atoms with Gasteiger partial charge in [-0.05, 0) is 5.56 Å². The summed E-state index contributed by atoms with van der Waals surface area (Å²) in [6.07, 6.45) is -0.140. The minimum absolute atomic E-state index is 0.139. The Morgan fingerprint density at radius 1 is 1.33 bits per heavy atom. The van der Waals surface area contributed by atoms with Gasteiger partial charge in [-0.25, -0.2) is 9.05 Å². The summed E-state index contributed by atoms with van der Waals surface area (Å²) in [5.41, 5.74) is 0.920. The van der Waals surface area contributed by atoms with Gasteiger partial charge in [-0.2, -0.15) is 0 Å². The van der Waals surface area contributed by atoms with Crippen molar-refractivity contribution in [1.82, 2.24) is 0 Å². The molecule has 1 aliphatic heterocycles. The third-order valence-corrected chi connectivity index (χ3v) is 3.40. The van der Waals surface area contributed by atoms with Gasteiger partial charge in [0.05, 0.1) is 0 Å². The van der Waals surface area contributed by atoms with E-state index < -0.39 is 8.60 Å². The van der Waals surface area contributed by atoms with Crippen LogP contribution in [0.1, 0.15) is 25.5 Å². The molecule has 1 aromatic rings. The zero-order valence-electron chi connectivity index (χ0n) is 8.90. The number of rotatable bonds is 1. The molecular formula is C11H15O3P. The molecule has 0 bridgehead atoms. The van der Waals surface area contributed by atoms with Gasteiger partial charge >= 0.3 is 0 Å². The van der Waals surface area contributed by atoms with E-state index in [4.69, 9.17) is 9.05 Å². The molecular weight excluding hydrogens is 211 g/mol. The molecule has 0 saturated carbocycles. The van der Waals surface area contributed by atoms with Crippen molar-refractivity contribution < 1.29 is 13.9 Å². The van der Waals surface area contributed by atoms with E-state index in [9.17, 15) is 4.89 Å². The van der Waals surface area contributed by atoms with Crippen LogP contribution in [0.5, 0.6) is 0 Å². The first kappa shape index (κ1) is 11.0. The largest absolute Gasteiger partial charge is 0.633 e. The lowest BCUT2D eigenvalue weighted by Gasteiger charge is -2.37. The third kappa shape index (κ3) is 2.37. The standard InChI is InChI=1S/C11H15O3P/c1-11(2)8-13-15(12)14-10(11)9-6-4-3-5-7-9/h3-7,10,15H,8H2,1-2H3/t10-/m1/s1. The molecule has 0 aliphatic carbocycles. The number of hydrogen-bond donors (Lipinski definition) is 0. The molecule has 1 aromatic carbocycles. The van der Waals surface area contributed by atoms with Gasteiger partial charge in [-0.15, -0.1) is 0 Å². The fourth-order valence-corrected chi connectivity index (χ4v) is 2.96. The molecule has 0 amide bonds. The van der Waals surface area contributed by atoms with Gasteiger partial charge in [-0.3, -0.25) is 0 Å². The highest BCUT2D eigenvalue weighted by atomic mass is 31.2. The summed E-state index contributed by atoms with van der Waals surface area (Å²) in [5.74, 6) is 0. The molecule has 2 atom stereocenters. The van der Waals surface area contributed by atoms with E-state index in [1.807, 2.05) is 30.3 Å². The lowest BCUT2D eigenvalue weighted by molar-refractivity contribution is -0.228. The Morgan fingerprint density at radius 3 is 2.67 bits per heavy atom. The van der Waals surface area contributed by atoms with Crippen LogP contribution in [0.25, 0.3) is 0 Å². The Labute approximate surface area is 91.0 Å². The van der Waals surface area contributed by atoms with E-state index in [1.165, 1.54) is 0 Å². The normalized spacial score (nSPS) is 30.1. The molecule has 0 N–H and O–H groups in total. The Hall–Kier alpha value is -0.470. The van der Waals surface area contributed by atoms with E-state index in [0.717, 1.165) is 5.56 Å². The van der Waals surface area contributed by atoms with E-state index >= 15 is 0 Å². The first-order valence-corrected chi connectivity index (χ1v) is 6.20. The molecule has 82 valence electrons.